The van der Waals surface area contributed by atoms with E-state index in [0.717, 1.165) is 24.4 Å². The number of benzene rings is 2. The van der Waals surface area contributed by atoms with Gasteiger partial charge in [0.1, 0.15) is 12.3 Å². The molecule has 0 spiro atoms. The van der Waals surface area contributed by atoms with Crippen LogP contribution in [0.15, 0.2) is 48.5 Å². The van der Waals surface area contributed by atoms with Gasteiger partial charge in [-0.05, 0) is 42.0 Å². The zero-order chi connectivity index (χ0) is 20.2. The number of piperazine rings is 1. The first-order valence-electron chi connectivity index (χ1n) is 9.64. The summed E-state index contributed by atoms with van der Waals surface area (Å²) in [5, 5.41) is 12.4. The molecule has 4 rings (SSSR count). The lowest BCUT2D eigenvalue weighted by atomic mass is 10.2. The van der Waals surface area contributed by atoms with Gasteiger partial charge in [0, 0.05) is 37.4 Å². The normalized spacial score (nSPS) is 14.1. The van der Waals surface area contributed by atoms with Gasteiger partial charge in [-0.15, -0.1) is 10.2 Å². The van der Waals surface area contributed by atoms with E-state index in [-0.39, 0.29) is 12.5 Å². The largest absolute Gasteiger partial charge is 0.497 e. The third-order valence-electron chi connectivity index (χ3n) is 5.06. The van der Waals surface area contributed by atoms with Crippen LogP contribution >= 0.6 is 0 Å². The van der Waals surface area contributed by atoms with Gasteiger partial charge in [0.25, 0.3) is 0 Å². The van der Waals surface area contributed by atoms with Crippen LogP contribution in [0, 0.1) is 6.92 Å². The van der Waals surface area contributed by atoms with Gasteiger partial charge in [-0.1, -0.05) is 24.3 Å². The first kappa shape index (κ1) is 18.9. The Hall–Kier alpha value is -3.42. The number of aromatic nitrogens is 4. The van der Waals surface area contributed by atoms with Crippen molar-refractivity contribution in [1.82, 2.24) is 25.1 Å². The number of hydrogen-bond acceptors (Lipinski definition) is 6. The molecule has 0 atom stereocenters. The van der Waals surface area contributed by atoms with Gasteiger partial charge >= 0.3 is 0 Å². The van der Waals surface area contributed by atoms with Crippen LogP contribution in [0.3, 0.4) is 0 Å². The zero-order valence-electron chi connectivity index (χ0n) is 16.7. The molecule has 1 aliphatic rings. The fourth-order valence-corrected chi connectivity index (χ4v) is 3.45. The minimum absolute atomic E-state index is 0.00323. The summed E-state index contributed by atoms with van der Waals surface area (Å²) < 4.78 is 5.23. The number of hydrogen-bond donors (Lipinski definition) is 0. The number of methoxy groups -OCH3 is 1. The molecule has 1 fully saturated rings. The molecule has 1 saturated heterocycles. The number of amides is 1. The average Bonchev–Trinajstić information content (AvgIpc) is 3.22. The lowest BCUT2D eigenvalue weighted by Gasteiger charge is -2.36. The molecule has 0 unspecified atom stereocenters. The Bertz CT molecular complexity index is 994. The molecular formula is C21H24N6O2. The standard InChI is InChI=1S/C21H24N6O2/c1-16-5-3-7-18(13-16)25-9-11-26(12-10-25)20(28)15-27-23-21(22-24-27)17-6-4-8-19(14-17)29-2/h3-8,13-14H,9-12,15H2,1-2H3. The lowest BCUT2D eigenvalue weighted by molar-refractivity contribution is -0.132. The predicted molar refractivity (Wildman–Crippen MR) is 110 cm³/mol. The van der Waals surface area contributed by atoms with Crippen molar-refractivity contribution in [1.29, 1.82) is 0 Å². The van der Waals surface area contributed by atoms with E-state index in [1.165, 1.54) is 16.0 Å². The van der Waals surface area contributed by atoms with Crippen molar-refractivity contribution in [2.24, 2.45) is 0 Å². The highest BCUT2D eigenvalue weighted by Gasteiger charge is 2.22. The fourth-order valence-electron chi connectivity index (χ4n) is 3.45. The van der Waals surface area contributed by atoms with Crippen LogP contribution < -0.4 is 9.64 Å². The van der Waals surface area contributed by atoms with Crippen LogP contribution in [-0.4, -0.2) is 64.3 Å². The Balaban J connectivity index is 1.35. The van der Waals surface area contributed by atoms with Crippen molar-refractivity contribution in [3.05, 3.63) is 54.1 Å². The zero-order valence-corrected chi connectivity index (χ0v) is 16.7. The number of nitrogens with zero attached hydrogens (tertiary/aromatic N) is 6. The minimum Gasteiger partial charge on any atom is -0.497 e. The van der Waals surface area contributed by atoms with E-state index in [0.29, 0.717) is 18.9 Å². The molecule has 0 radical (unpaired) electrons. The first-order valence-corrected chi connectivity index (χ1v) is 9.64. The van der Waals surface area contributed by atoms with Crippen LogP contribution in [0.25, 0.3) is 11.4 Å². The second kappa shape index (κ2) is 8.30. The van der Waals surface area contributed by atoms with Gasteiger partial charge < -0.3 is 14.5 Å². The van der Waals surface area contributed by atoms with Gasteiger partial charge in [-0.25, -0.2) is 0 Å². The van der Waals surface area contributed by atoms with Crippen molar-refractivity contribution in [3.8, 4) is 17.1 Å². The molecule has 2 aromatic carbocycles. The Morgan fingerprint density at radius 1 is 1.07 bits per heavy atom. The molecule has 8 nitrogen and oxygen atoms in total. The Kier molecular flexibility index (Phi) is 5.41. The van der Waals surface area contributed by atoms with E-state index in [2.05, 4.69) is 51.5 Å². The summed E-state index contributed by atoms with van der Waals surface area (Å²) in [5.41, 5.74) is 3.25. The van der Waals surface area contributed by atoms with Crippen molar-refractivity contribution in [3.63, 3.8) is 0 Å². The predicted octanol–water partition coefficient (Wildman–Crippen LogP) is 2.01. The molecule has 2 heterocycles. The Morgan fingerprint density at radius 3 is 2.62 bits per heavy atom. The second-order valence-electron chi connectivity index (χ2n) is 7.08. The molecule has 29 heavy (non-hydrogen) atoms. The minimum atomic E-state index is 0.00323. The smallest absolute Gasteiger partial charge is 0.246 e. The number of carbonyl (C=O) groups is 1. The highest BCUT2D eigenvalue weighted by atomic mass is 16.5. The van der Waals surface area contributed by atoms with Gasteiger partial charge in [0.05, 0.1) is 7.11 Å². The summed E-state index contributed by atoms with van der Waals surface area (Å²) >= 11 is 0. The highest BCUT2D eigenvalue weighted by Crippen LogP contribution is 2.20. The van der Waals surface area contributed by atoms with Crippen LogP contribution in [0.1, 0.15) is 5.56 Å². The van der Waals surface area contributed by atoms with Crippen molar-refractivity contribution >= 4 is 11.6 Å². The highest BCUT2D eigenvalue weighted by molar-refractivity contribution is 5.76. The van der Waals surface area contributed by atoms with Crippen molar-refractivity contribution in [2.75, 3.05) is 38.2 Å². The fraction of sp³-hybridized carbons (Fsp3) is 0.333. The molecule has 1 aromatic heterocycles. The molecule has 0 aliphatic carbocycles. The number of aryl methyl sites for hydroxylation is 1. The number of ether oxygens (including phenoxy) is 1. The third kappa shape index (κ3) is 4.37. The monoisotopic (exact) mass is 392 g/mol. The van der Waals surface area contributed by atoms with E-state index in [9.17, 15) is 4.79 Å². The molecule has 1 aliphatic heterocycles. The van der Waals surface area contributed by atoms with Crippen molar-refractivity contribution in [2.45, 2.75) is 13.5 Å². The van der Waals surface area contributed by atoms with Crippen LogP contribution in [0.5, 0.6) is 5.75 Å². The van der Waals surface area contributed by atoms with Crippen molar-refractivity contribution < 1.29 is 9.53 Å². The Labute approximate surface area is 169 Å². The van der Waals surface area contributed by atoms with E-state index in [1.807, 2.05) is 29.2 Å². The maximum absolute atomic E-state index is 12.7. The SMILES string of the molecule is COc1cccc(-c2nnn(CC(=O)N3CCN(c4cccc(C)c4)CC3)n2)c1. The molecule has 3 aromatic rings. The summed E-state index contributed by atoms with van der Waals surface area (Å²) in [4.78, 5) is 18.2. The molecular weight excluding hydrogens is 368 g/mol. The molecule has 0 bridgehead atoms. The van der Waals surface area contributed by atoms with Gasteiger partial charge in [-0.2, -0.15) is 4.80 Å². The van der Waals surface area contributed by atoms with Crippen LogP contribution in [0.2, 0.25) is 0 Å². The van der Waals surface area contributed by atoms with E-state index in [4.69, 9.17) is 4.74 Å². The number of carbonyl (C=O) groups excluding carboxylic acids is 1. The summed E-state index contributed by atoms with van der Waals surface area (Å²) in [5.74, 6) is 1.20. The maximum Gasteiger partial charge on any atom is 0.246 e. The lowest BCUT2D eigenvalue weighted by Crippen LogP contribution is -2.49. The molecule has 150 valence electrons. The van der Waals surface area contributed by atoms with Gasteiger partial charge in [0.15, 0.2) is 0 Å². The first-order chi connectivity index (χ1) is 14.1. The summed E-state index contributed by atoms with van der Waals surface area (Å²) in [6.45, 7) is 5.17. The molecule has 0 saturated carbocycles. The van der Waals surface area contributed by atoms with E-state index in [1.54, 1.807) is 7.11 Å². The topological polar surface area (TPSA) is 76.4 Å². The third-order valence-corrected chi connectivity index (χ3v) is 5.06. The summed E-state index contributed by atoms with van der Waals surface area (Å²) in [6.07, 6.45) is 0. The number of rotatable bonds is 5. The van der Waals surface area contributed by atoms with Gasteiger partial charge in [-0.3, -0.25) is 4.79 Å². The molecule has 1 amide bonds. The average molecular weight is 392 g/mol. The van der Waals surface area contributed by atoms with E-state index >= 15 is 0 Å². The van der Waals surface area contributed by atoms with Crippen LogP contribution in [-0.2, 0) is 11.3 Å². The summed E-state index contributed by atoms with van der Waals surface area (Å²) in [6, 6.07) is 15.9. The van der Waals surface area contributed by atoms with E-state index < -0.39 is 0 Å². The quantitative estimate of drug-likeness (QED) is 0.661. The maximum atomic E-state index is 12.7. The Morgan fingerprint density at radius 2 is 1.86 bits per heavy atom. The number of tetrazole rings is 1. The molecule has 0 N–H and O–H groups in total. The summed E-state index contributed by atoms with van der Waals surface area (Å²) in [7, 11) is 1.61. The van der Waals surface area contributed by atoms with Gasteiger partial charge in [0.2, 0.25) is 11.7 Å². The second-order valence-corrected chi connectivity index (χ2v) is 7.08. The molecule has 8 heteroatoms. The number of anilines is 1. The van der Waals surface area contributed by atoms with Crippen LogP contribution in [0.4, 0.5) is 5.69 Å².